The van der Waals surface area contributed by atoms with E-state index in [1.165, 1.54) is 44.9 Å². The molecule has 0 amide bonds. The fraction of sp³-hybridized carbons (Fsp3) is 1.00. The lowest BCUT2D eigenvalue weighted by Gasteiger charge is -2.60. The minimum Gasteiger partial charge on any atom is -0.393 e. The first-order valence-corrected chi connectivity index (χ1v) is 9.70. The fourth-order valence-electron chi connectivity index (χ4n) is 7.57. The van der Waals surface area contributed by atoms with Crippen LogP contribution in [0.15, 0.2) is 0 Å². The van der Waals surface area contributed by atoms with Gasteiger partial charge in [0.05, 0.1) is 12.2 Å². The van der Waals surface area contributed by atoms with Crippen molar-refractivity contribution in [3.8, 4) is 0 Å². The van der Waals surface area contributed by atoms with Crippen molar-refractivity contribution < 1.29 is 9.84 Å². The van der Waals surface area contributed by atoms with Crippen molar-refractivity contribution in [1.29, 1.82) is 0 Å². The predicted molar refractivity (Wildman–Crippen MR) is 88.5 cm³/mol. The molecule has 0 aromatic carbocycles. The van der Waals surface area contributed by atoms with Gasteiger partial charge < -0.3 is 9.84 Å². The number of rotatable bonds is 1. The van der Waals surface area contributed by atoms with Gasteiger partial charge in [-0.3, -0.25) is 0 Å². The smallest absolute Gasteiger partial charge is 0.0627 e. The lowest BCUT2D eigenvalue weighted by atomic mass is 9.45. The largest absolute Gasteiger partial charge is 0.393 e. The molecule has 0 spiro atoms. The Morgan fingerprint density at radius 2 is 1.59 bits per heavy atom. The van der Waals surface area contributed by atoms with Crippen LogP contribution in [0.2, 0.25) is 0 Å². The summed E-state index contributed by atoms with van der Waals surface area (Å²) >= 11 is 0. The average Bonchev–Trinajstić information content (AvgIpc) is 2.84. The van der Waals surface area contributed by atoms with Crippen molar-refractivity contribution in [3.63, 3.8) is 0 Å². The minimum absolute atomic E-state index is 0.0205. The topological polar surface area (TPSA) is 29.5 Å². The minimum atomic E-state index is -0.0205. The Hall–Kier alpha value is -0.0800. The number of fused-ring (bicyclic) bond motifs is 5. The van der Waals surface area contributed by atoms with E-state index < -0.39 is 0 Å². The molecule has 4 fully saturated rings. The molecule has 0 heterocycles. The molecule has 0 radical (unpaired) electrons. The van der Waals surface area contributed by atoms with Crippen LogP contribution in [0.4, 0.5) is 0 Å². The summed E-state index contributed by atoms with van der Waals surface area (Å²) in [5.74, 6) is 3.50. The number of hydrogen-bond acceptors (Lipinski definition) is 2. The van der Waals surface area contributed by atoms with Crippen LogP contribution in [0.3, 0.4) is 0 Å². The van der Waals surface area contributed by atoms with E-state index in [1.54, 1.807) is 0 Å². The molecule has 2 heteroatoms. The summed E-state index contributed by atoms with van der Waals surface area (Å²) in [5, 5.41) is 10.1. The van der Waals surface area contributed by atoms with Gasteiger partial charge >= 0.3 is 0 Å². The van der Waals surface area contributed by atoms with E-state index in [4.69, 9.17) is 4.74 Å². The highest BCUT2D eigenvalue weighted by Crippen LogP contribution is 2.66. The third-order valence-corrected chi connectivity index (χ3v) is 8.84. The maximum atomic E-state index is 10.1. The van der Waals surface area contributed by atoms with Gasteiger partial charge in [0.2, 0.25) is 0 Å². The highest BCUT2D eigenvalue weighted by molar-refractivity contribution is 5.09. The van der Waals surface area contributed by atoms with Crippen molar-refractivity contribution in [3.05, 3.63) is 0 Å². The van der Waals surface area contributed by atoms with E-state index in [0.717, 1.165) is 36.5 Å². The number of aliphatic hydroxyl groups is 1. The van der Waals surface area contributed by atoms with E-state index in [1.807, 2.05) is 7.11 Å². The second-order valence-electron chi connectivity index (χ2n) is 9.43. The van der Waals surface area contributed by atoms with Crippen molar-refractivity contribution in [2.24, 2.45) is 34.5 Å². The van der Waals surface area contributed by atoms with E-state index in [0.29, 0.717) is 16.9 Å². The molecule has 6 unspecified atom stereocenters. The SMILES string of the molecule is COC1CCC2C3CCC4CC(O)CC[C@]4(C)C3CC[C@]12C. The van der Waals surface area contributed by atoms with Gasteiger partial charge in [-0.25, -0.2) is 0 Å². The highest BCUT2D eigenvalue weighted by Gasteiger charge is 2.60. The van der Waals surface area contributed by atoms with Crippen LogP contribution in [0.1, 0.15) is 71.6 Å². The van der Waals surface area contributed by atoms with Gasteiger partial charge in [0.25, 0.3) is 0 Å². The Kier molecular flexibility index (Phi) is 3.66. The van der Waals surface area contributed by atoms with Crippen molar-refractivity contribution >= 4 is 0 Å². The van der Waals surface area contributed by atoms with E-state index in [2.05, 4.69) is 13.8 Å². The van der Waals surface area contributed by atoms with Gasteiger partial charge in [0, 0.05) is 7.11 Å². The lowest BCUT2D eigenvalue weighted by molar-refractivity contribution is -0.137. The number of methoxy groups -OCH3 is 1. The van der Waals surface area contributed by atoms with Gasteiger partial charge in [0.15, 0.2) is 0 Å². The molecule has 4 aliphatic carbocycles. The molecule has 4 aliphatic rings. The summed E-state index contributed by atoms with van der Waals surface area (Å²) in [4.78, 5) is 0. The second kappa shape index (κ2) is 5.21. The fourth-order valence-corrected chi connectivity index (χ4v) is 7.57. The number of hydrogen-bond donors (Lipinski definition) is 1. The first-order chi connectivity index (χ1) is 10.5. The molecule has 126 valence electrons. The Labute approximate surface area is 136 Å². The zero-order valence-corrected chi connectivity index (χ0v) is 14.7. The Morgan fingerprint density at radius 3 is 2.36 bits per heavy atom. The summed E-state index contributed by atoms with van der Waals surface area (Å²) in [5.41, 5.74) is 0.946. The van der Waals surface area contributed by atoms with Crippen LogP contribution < -0.4 is 0 Å². The number of ether oxygens (including phenoxy) is 1. The Bertz CT molecular complexity index is 435. The molecule has 0 aliphatic heterocycles. The first-order valence-electron chi connectivity index (χ1n) is 9.70. The predicted octanol–water partition coefficient (Wildman–Crippen LogP) is 4.41. The first kappa shape index (κ1) is 15.4. The third-order valence-electron chi connectivity index (χ3n) is 8.84. The van der Waals surface area contributed by atoms with Crippen molar-refractivity contribution in [2.45, 2.75) is 83.8 Å². The van der Waals surface area contributed by atoms with E-state index in [9.17, 15) is 5.11 Å². The van der Waals surface area contributed by atoms with Gasteiger partial charge in [-0.05, 0) is 92.3 Å². The molecule has 4 saturated carbocycles. The van der Waals surface area contributed by atoms with E-state index >= 15 is 0 Å². The molecule has 0 bridgehead atoms. The van der Waals surface area contributed by atoms with Gasteiger partial charge in [-0.2, -0.15) is 0 Å². The Balaban J connectivity index is 1.61. The summed E-state index contributed by atoms with van der Waals surface area (Å²) in [6, 6.07) is 0. The molecular formula is C20H34O2. The van der Waals surface area contributed by atoms with Crippen LogP contribution in [0.5, 0.6) is 0 Å². The molecule has 1 N–H and O–H groups in total. The maximum Gasteiger partial charge on any atom is 0.0627 e. The average molecular weight is 306 g/mol. The third kappa shape index (κ3) is 1.99. The van der Waals surface area contributed by atoms with Crippen LogP contribution in [-0.2, 0) is 4.74 Å². The van der Waals surface area contributed by atoms with Crippen LogP contribution in [0.25, 0.3) is 0 Å². The van der Waals surface area contributed by atoms with E-state index in [-0.39, 0.29) is 6.10 Å². The molecule has 8 atom stereocenters. The second-order valence-corrected chi connectivity index (χ2v) is 9.43. The molecule has 2 nitrogen and oxygen atoms in total. The zero-order valence-electron chi connectivity index (χ0n) is 14.7. The molecule has 22 heavy (non-hydrogen) atoms. The van der Waals surface area contributed by atoms with Crippen LogP contribution in [0, 0.1) is 34.5 Å². The summed E-state index contributed by atoms with van der Waals surface area (Å²) in [6.07, 6.45) is 12.1. The summed E-state index contributed by atoms with van der Waals surface area (Å²) in [7, 11) is 1.92. The quantitative estimate of drug-likeness (QED) is 0.778. The normalized spacial score (nSPS) is 57.8. The van der Waals surface area contributed by atoms with Crippen LogP contribution in [-0.4, -0.2) is 24.4 Å². The molecule has 0 aromatic heterocycles. The Morgan fingerprint density at radius 1 is 0.864 bits per heavy atom. The zero-order chi connectivity index (χ0) is 15.5. The van der Waals surface area contributed by atoms with Crippen LogP contribution >= 0.6 is 0 Å². The summed E-state index contributed by atoms with van der Waals surface area (Å²) in [6.45, 7) is 5.10. The van der Waals surface area contributed by atoms with Crippen molar-refractivity contribution in [1.82, 2.24) is 0 Å². The monoisotopic (exact) mass is 306 g/mol. The van der Waals surface area contributed by atoms with Crippen molar-refractivity contribution in [2.75, 3.05) is 7.11 Å². The van der Waals surface area contributed by atoms with Gasteiger partial charge in [0.1, 0.15) is 0 Å². The highest BCUT2D eigenvalue weighted by atomic mass is 16.5. The standard InChI is InChI=1S/C20H34O2/c1-19-10-8-14(21)12-13(19)4-5-15-16-6-7-18(22-3)20(16,2)11-9-17(15)19/h13-18,21H,4-12H2,1-3H3/t13?,14?,15?,16?,17?,18?,19-,20-/m0/s1. The number of aliphatic hydroxyl groups excluding tert-OH is 1. The summed E-state index contributed by atoms with van der Waals surface area (Å²) < 4.78 is 5.88. The molecule has 0 saturated heterocycles. The lowest BCUT2D eigenvalue weighted by Crippen LogP contribution is -2.54. The van der Waals surface area contributed by atoms with Gasteiger partial charge in [-0.1, -0.05) is 13.8 Å². The molecule has 4 rings (SSSR count). The maximum absolute atomic E-state index is 10.1. The molecular weight excluding hydrogens is 272 g/mol. The van der Waals surface area contributed by atoms with Gasteiger partial charge in [-0.15, -0.1) is 0 Å². The molecule has 0 aromatic rings.